The van der Waals surface area contributed by atoms with Gasteiger partial charge in [0.2, 0.25) is 0 Å². The lowest BCUT2D eigenvalue weighted by Crippen LogP contribution is -2.18. The van der Waals surface area contributed by atoms with Gasteiger partial charge in [0, 0.05) is 12.2 Å². The van der Waals surface area contributed by atoms with Crippen LogP contribution in [0.15, 0.2) is 36.5 Å². The van der Waals surface area contributed by atoms with Crippen LogP contribution < -0.4 is 10.6 Å². The highest BCUT2D eigenvalue weighted by Gasteiger charge is 2.13. The summed E-state index contributed by atoms with van der Waals surface area (Å²) in [4.78, 5) is 6.03. The van der Waals surface area contributed by atoms with Crippen LogP contribution in [0.25, 0.3) is 0 Å². The summed E-state index contributed by atoms with van der Waals surface area (Å²) in [5.74, 6) is 0.275. The number of halogens is 2. The first-order valence-corrected chi connectivity index (χ1v) is 5.93. The number of anilines is 3. The molecule has 94 valence electrons. The zero-order valence-corrected chi connectivity index (χ0v) is 10.7. The lowest BCUT2D eigenvalue weighted by atomic mass is 10.2. The van der Waals surface area contributed by atoms with Gasteiger partial charge in [-0.15, -0.1) is 0 Å². The highest BCUT2D eigenvalue weighted by atomic mass is 35.5. The Labute approximate surface area is 110 Å². The minimum atomic E-state index is -0.294. The Morgan fingerprint density at radius 3 is 2.78 bits per heavy atom. The number of benzene rings is 1. The minimum Gasteiger partial charge on any atom is -0.397 e. The third-order valence-corrected chi connectivity index (χ3v) is 2.81. The first kappa shape index (κ1) is 12.6. The Hall–Kier alpha value is -1.81. The first-order chi connectivity index (χ1) is 8.61. The maximum Gasteiger partial charge on any atom is 0.151 e. The first-order valence-electron chi connectivity index (χ1n) is 5.56. The highest BCUT2D eigenvalue weighted by molar-refractivity contribution is 6.33. The van der Waals surface area contributed by atoms with Crippen molar-refractivity contribution in [1.82, 2.24) is 4.98 Å². The monoisotopic (exact) mass is 265 g/mol. The predicted molar refractivity (Wildman–Crippen MR) is 72.7 cm³/mol. The largest absolute Gasteiger partial charge is 0.397 e. The fourth-order valence-electron chi connectivity index (χ4n) is 1.74. The molecule has 0 unspecified atom stereocenters. The van der Waals surface area contributed by atoms with E-state index in [1.807, 2.05) is 11.8 Å². The highest BCUT2D eigenvalue weighted by Crippen LogP contribution is 2.30. The van der Waals surface area contributed by atoms with Crippen molar-refractivity contribution in [3.05, 3.63) is 47.4 Å². The Bertz CT molecular complexity index is 560. The molecule has 0 aliphatic heterocycles. The van der Waals surface area contributed by atoms with Crippen molar-refractivity contribution in [3.63, 3.8) is 0 Å². The quantitative estimate of drug-likeness (QED) is 0.922. The fourth-order valence-corrected chi connectivity index (χ4v) is 2.02. The van der Waals surface area contributed by atoms with E-state index >= 15 is 0 Å². The Balaban J connectivity index is 2.45. The van der Waals surface area contributed by atoms with Crippen molar-refractivity contribution < 1.29 is 4.39 Å². The minimum absolute atomic E-state index is 0.294. The topological polar surface area (TPSA) is 42.2 Å². The molecule has 2 aromatic rings. The molecule has 3 nitrogen and oxygen atoms in total. The summed E-state index contributed by atoms with van der Waals surface area (Å²) in [5.41, 5.74) is 6.81. The number of hydrogen-bond donors (Lipinski definition) is 1. The van der Waals surface area contributed by atoms with E-state index in [-0.39, 0.29) is 5.82 Å². The molecule has 0 fully saturated rings. The van der Waals surface area contributed by atoms with Gasteiger partial charge < -0.3 is 10.6 Å². The Kier molecular flexibility index (Phi) is 3.67. The number of nitrogen functional groups attached to an aromatic ring is 1. The molecule has 0 bridgehead atoms. The summed E-state index contributed by atoms with van der Waals surface area (Å²) in [7, 11) is 0. The van der Waals surface area contributed by atoms with Crippen molar-refractivity contribution in [2.24, 2.45) is 0 Å². The number of aromatic nitrogens is 1. The molecule has 2 N–H and O–H groups in total. The van der Waals surface area contributed by atoms with Crippen LogP contribution in [0.5, 0.6) is 0 Å². The summed E-state index contributed by atoms with van der Waals surface area (Å²) >= 11 is 6.11. The van der Waals surface area contributed by atoms with Gasteiger partial charge in [0.05, 0.1) is 16.9 Å². The van der Waals surface area contributed by atoms with E-state index < -0.39 is 0 Å². The van der Waals surface area contributed by atoms with Gasteiger partial charge in [-0.25, -0.2) is 9.37 Å². The lowest BCUT2D eigenvalue weighted by Gasteiger charge is -2.23. The molecule has 1 heterocycles. The second kappa shape index (κ2) is 5.23. The molecule has 2 rings (SSSR count). The molecular formula is C13H13ClFN3. The Morgan fingerprint density at radius 2 is 2.17 bits per heavy atom. The second-order valence-electron chi connectivity index (χ2n) is 3.80. The SMILES string of the molecule is CCN(c1cccc(F)c1)c1ncc(N)cc1Cl. The van der Waals surface area contributed by atoms with Crippen LogP contribution in [0.2, 0.25) is 5.02 Å². The summed E-state index contributed by atoms with van der Waals surface area (Å²) in [6.45, 7) is 2.57. The molecule has 1 aromatic carbocycles. The molecule has 0 spiro atoms. The maximum atomic E-state index is 13.2. The molecule has 0 amide bonds. The number of rotatable bonds is 3. The van der Waals surface area contributed by atoms with E-state index in [9.17, 15) is 4.39 Å². The second-order valence-corrected chi connectivity index (χ2v) is 4.21. The molecule has 0 aliphatic rings. The van der Waals surface area contributed by atoms with Crippen molar-refractivity contribution in [3.8, 4) is 0 Å². The maximum absolute atomic E-state index is 13.2. The summed E-state index contributed by atoms with van der Waals surface area (Å²) in [5, 5.41) is 0.445. The smallest absolute Gasteiger partial charge is 0.151 e. The van der Waals surface area contributed by atoms with Gasteiger partial charge in [-0.05, 0) is 31.2 Å². The standard InChI is InChI=1S/C13H13ClFN3/c1-2-18(11-5-3-4-9(15)6-11)13-12(14)7-10(16)8-17-13/h3-8H,2,16H2,1H3. The van der Waals surface area contributed by atoms with E-state index in [0.717, 1.165) is 0 Å². The van der Waals surface area contributed by atoms with Crippen LogP contribution in [-0.4, -0.2) is 11.5 Å². The molecular weight excluding hydrogens is 253 g/mol. The zero-order chi connectivity index (χ0) is 13.1. The van der Waals surface area contributed by atoms with E-state index in [1.54, 1.807) is 18.2 Å². The third-order valence-electron chi connectivity index (χ3n) is 2.53. The summed E-state index contributed by atoms with van der Waals surface area (Å²) in [6.07, 6.45) is 1.53. The van der Waals surface area contributed by atoms with Crippen LogP contribution in [-0.2, 0) is 0 Å². The van der Waals surface area contributed by atoms with Gasteiger partial charge in [-0.3, -0.25) is 0 Å². The average molecular weight is 266 g/mol. The normalized spacial score (nSPS) is 10.4. The van der Waals surface area contributed by atoms with E-state index in [2.05, 4.69) is 4.98 Å². The third kappa shape index (κ3) is 2.54. The molecule has 0 atom stereocenters. The van der Waals surface area contributed by atoms with Gasteiger partial charge in [0.1, 0.15) is 5.82 Å². The van der Waals surface area contributed by atoms with Gasteiger partial charge in [-0.2, -0.15) is 0 Å². The summed E-state index contributed by atoms with van der Waals surface area (Å²) < 4.78 is 13.2. The molecule has 5 heteroatoms. The van der Waals surface area contributed by atoms with E-state index in [0.29, 0.717) is 28.8 Å². The molecule has 1 aromatic heterocycles. The van der Waals surface area contributed by atoms with Crippen LogP contribution in [0.4, 0.5) is 21.6 Å². The van der Waals surface area contributed by atoms with Crippen LogP contribution in [0.3, 0.4) is 0 Å². The van der Waals surface area contributed by atoms with Gasteiger partial charge >= 0.3 is 0 Å². The van der Waals surface area contributed by atoms with Crippen molar-refractivity contribution in [2.45, 2.75) is 6.92 Å². The number of nitrogens with zero attached hydrogens (tertiary/aromatic N) is 2. The van der Waals surface area contributed by atoms with Crippen molar-refractivity contribution in [1.29, 1.82) is 0 Å². The van der Waals surface area contributed by atoms with Gasteiger partial charge in [0.15, 0.2) is 5.82 Å². The van der Waals surface area contributed by atoms with Crippen LogP contribution >= 0.6 is 11.6 Å². The van der Waals surface area contributed by atoms with Gasteiger partial charge in [0.25, 0.3) is 0 Å². The van der Waals surface area contributed by atoms with Gasteiger partial charge in [-0.1, -0.05) is 17.7 Å². The molecule has 0 aliphatic carbocycles. The number of pyridine rings is 1. The van der Waals surface area contributed by atoms with Crippen LogP contribution in [0, 0.1) is 5.82 Å². The number of hydrogen-bond acceptors (Lipinski definition) is 3. The number of nitrogens with two attached hydrogens (primary N) is 1. The van der Waals surface area contributed by atoms with Crippen LogP contribution in [0.1, 0.15) is 6.92 Å². The zero-order valence-electron chi connectivity index (χ0n) is 9.90. The fraction of sp³-hybridized carbons (Fsp3) is 0.154. The molecule has 0 radical (unpaired) electrons. The average Bonchev–Trinajstić information content (AvgIpc) is 2.33. The van der Waals surface area contributed by atoms with Crippen molar-refractivity contribution in [2.75, 3.05) is 17.2 Å². The summed E-state index contributed by atoms with van der Waals surface area (Å²) in [6, 6.07) is 7.93. The molecule has 0 saturated carbocycles. The molecule has 18 heavy (non-hydrogen) atoms. The lowest BCUT2D eigenvalue weighted by molar-refractivity contribution is 0.627. The Morgan fingerprint density at radius 1 is 1.39 bits per heavy atom. The molecule has 0 saturated heterocycles. The predicted octanol–water partition coefficient (Wildman–Crippen LogP) is 3.61. The van der Waals surface area contributed by atoms with E-state index in [1.165, 1.54) is 18.3 Å². The van der Waals surface area contributed by atoms with Crippen molar-refractivity contribution >= 4 is 28.8 Å². The van der Waals surface area contributed by atoms with E-state index in [4.69, 9.17) is 17.3 Å².